The number of piperidine rings is 1. The Labute approximate surface area is 205 Å². The van der Waals surface area contributed by atoms with Crippen molar-refractivity contribution >= 4 is 23.8 Å². The molecule has 0 unspecified atom stereocenters. The van der Waals surface area contributed by atoms with E-state index in [0.717, 1.165) is 16.8 Å². The Kier molecular flexibility index (Phi) is 6.74. The molecule has 1 fully saturated rings. The van der Waals surface area contributed by atoms with Crippen molar-refractivity contribution in [1.29, 1.82) is 0 Å². The Morgan fingerprint density at radius 2 is 1.66 bits per heavy atom. The fraction of sp³-hybridized carbons (Fsp3) is 0.444. The van der Waals surface area contributed by atoms with Gasteiger partial charge in [0.15, 0.2) is 0 Å². The van der Waals surface area contributed by atoms with E-state index in [1.54, 1.807) is 21.9 Å². The fourth-order valence-corrected chi connectivity index (χ4v) is 4.75. The van der Waals surface area contributed by atoms with Crippen molar-refractivity contribution in [2.24, 2.45) is 0 Å². The lowest BCUT2D eigenvalue weighted by Crippen LogP contribution is -2.48. The smallest absolute Gasteiger partial charge is 0.414 e. The average Bonchev–Trinajstić information content (AvgIpc) is 3.15. The largest absolute Gasteiger partial charge is 0.465 e. The second kappa shape index (κ2) is 9.60. The molecular weight excluding hydrogens is 448 g/mol. The lowest BCUT2D eigenvalue weighted by Gasteiger charge is -2.39. The second-order valence-corrected chi connectivity index (χ2v) is 10.1. The molecule has 186 valence electrons. The summed E-state index contributed by atoms with van der Waals surface area (Å²) in [4.78, 5) is 41.3. The number of benzene rings is 2. The van der Waals surface area contributed by atoms with Crippen LogP contribution in [0, 0.1) is 0 Å². The van der Waals surface area contributed by atoms with Crippen LogP contribution in [-0.2, 0) is 26.2 Å². The minimum Gasteiger partial charge on any atom is -0.465 e. The molecule has 2 aromatic rings. The van der Waals surface area contributed by atoms with Gasteiger partial charge in [0, 0.05) is 25.0 Å². The van der Waals surface area contributed by atoms with Crippen LogP contribution in [0.4, 0.5) is 15.3 Å². The van der Waals surface area contributed by atoms with Crippen LogP contribution in [0.15, 0.2) is 48.5 Å². The predicted molar refractivity (Wildman–Crippen MR) is 130 cm³/mol. The molecule has 2 aliphatic rings. The molecule has 2 aliphatic heterocycles. The third kappa shape index (κ3) is 5.26. The highest BCUT2D eigenvalue weighted by Crippen LogP contribution is 2.48. The number of rotatable bonds is 3. The van der Waals surface area contributed by atoms with Gasteiger partial charge in [0.05, 0.1) is 18.4 Å². The fourth-order valence-electron chi connectivity index (χ4n) is 4.75. The van der Waals surface area contributed by atoms with E-state index in [1.807, 2.05) is 57.2 Å². The summed E-state index contributed by atoms with van der Waals surface area (Å²) >= 11 is 0. The van der Waals surface area contributed by atoms with E-state index in [2.05, 4.69) is 0 Å². The van der Waals surface area contributed by atoms with Crippen LogP contribution in [0.2, 0.25) is 0 Å². The first kappa shape index (κ1) is 24.6. The maximum absolute atomic E-state index is 13.0. The van der Waals surface area contributed by atoms with Crippen LogP contribution >= 0.6 is 0 Å². The third-order valence-electron chi connectivity index (χ3n) is 6.54. The molecule has 1 spiro atoms. The summed E-state index contributed by atoms with van der Waals surface area (Å²) in [6.45, 7) is 7.11. The van der Waals surface area contributed by atoms with Crippen LogP contribution in [0.1, 0.15) is 55.1 Å². The first-order chi connectivity index (χ1) is 16.6. The highest BCUT2D eigenvalue weighted by molar-refractivity contribution is 5.95. The summed E-state index contributed by atoms with van der Waals surface area (Å²) in [5.41, 5.74) is 1.97. The van der Waals surface area contributed by atoms with E-state index in [9.17, 15) is 14.4 Å². The first-order valence-corrected chi connectivity index (χ1v) is 11.8. The summed E-state index contributed by atoms with van der Waals surface area (Å²) in [5.74, 6) is -0.430. The number of nitrogens with zero attached hydrogens (tertiary/aromatic N) is 2. The number of amides is 2. The summed E-state index contributed by atoms with van der Waals surface area (Å²) in [6.07, 6.45) is 0.481. The molecule has 8 heteroatoms. The number of esters is 1. The van der Waals surface area contributed by atoms with E-state index in [1.165, 1.54) is 7.11 Å². The molecule has 35 heavy (non-hydrogen) atoms. The number of hydrogen-bond acceptors (Lipinski definition) is 6. The lowest BCUT2D eigenvalue weighted by molar-refractivity contribution is 0.0559. The molecule has 0 bridgehead atoms. The van der Waals surface area contributed by atoms with Crippen LogP contribution < -0.4 is 4.90 Å². The highest BCUT2D eigenvalue weighted by Gasteiger charge is 2.48. The number of anilines is 1. The van der Waals surface area contributed by atoms with Gasteiger partial charge in [-0.3, -0.25) is 4.90 Å². The monoisotopic (exact) mass is 480 g/mol. The van der Waals surface area contributed by atoms with Crippen LogP contribution in [-0.4, -0.2) is 55.4 Å². The van der Waals surface area contributed by atoms with Gasteiger partial charge in [-0.1, -0.05) is 30.3 Å². The number of carbonyl (C=O) groups excluding carboxylic acids is 3. The van der Waals surface area contributed by atoms with Crippen molar-refractivity contribution < 1.29 is 28.6 Å². The van der Waals surface area contributed by atoms with E-state index >= 15 is 0 Å². The maximum atomic E-state index is 13.0. The van der Waals surface area contributed by atoms with Gasteiger partial charge in [-0.2, -0.15) is 0 Å². The number of hydrogen-bond donors (Lipinski definition) is 0. The van der Waals surface area contributed by atoms with E-state index in [-0.39, 0.29) is 12.7 Å². The van der Waals surface area contributed by atoms with Crippen LogP contribution in [0.3, 0.4) is 0 Å². The van der Waals surface area contributed by atoms with Crippen LogP contribution in [0.25, 0.3) is 0 Å². The van der Waals surface area contributed by atoms with Gasteiger partial charge in [0.25, 0.3) is 0 Å². The zero-order chi connectivity index (χ0) is 25.2. The van der Waals surface area contributed by atoms with Crippen molar-refractivity contribution in [2.45, 2.75) is 51.2 Å². The maximum Gasteiger partial charge on any atom is 0.414 e. The van der Waals surface area contributed by atoms with Gasteiger partial charge >= 0.3 is 18.2 Å². The van der Waals surface area contributed by atoms with Crippen molar-refractivity contribution in [3.63, 3.8) is 0 Å². The summed E-state index contributed by atoms with van der Waals surface area (Å²) in [7, 11) is 1.35. The number of ether oxygens (including phenoxy) is 3. The van der Waals surface area contributed by atoms with Gasteiger partial charge in [0.1, 0.15) is 12.2 Å². The Hall–Kier alpha value is -3.55. The van der Waals surface area contributed by atoms with Gasteiger partial charge in [-0.25, -0.2) is 14.4 Å². The van der Waals surface area contributed by atoms with E-state index < -0.39 is 23.1 Å². The summed E-state index contributed by atoms with van der Waals surface area (Å²) in [5, 5.41) is 0. The molecular formula is C27H32N2O6. The summed E-state index contributed by atoms with van der Waals surface area (Å²) in [6, 6.07) is 14.8. The molecule has 0 aliphatic carbocycles. The average molecular weight is 481 g/mol. The van der Waals surface area contributed by atoms with Crippen molar-refractivity contribution in [2.75, 3.05) is 31.6 Å². The molecule has 2 aromatic carbocycles. The number of likely N-dealkylation sites (tertiary alicyclic amines) is 1. The number of methoxy groups -OCH3 is 1. The topological polar surface area (TPSA) is 85.4 Å². The summed E-state index contributed by atoms with van der Waals surface area (Å²) < 4.78 is 16.1. The van der Waals surface area contributed by atoms with Crippen molar-refractivity contribution in [3.8, 4) is 0 Å². The SMILES string of the molecule is COC(=O)c1ccc2c(c1)C1(CCN(C(=O)OCc3ccccc3)CC1)CN2C(=O)OC(C)(C)C. The molecule has 2 amide bonds. The molecule has 0 radical (unpaired) electrons. The molecule has 4 rings (SSSR count). The molecule has 8 nitrogen and oxygen atoms in total. The quantitative estimate of drug-likeness (QED) is 0.459. The van der Waals surface area contributed by atoms with Crippen LogP contribution in [0.5, 0.6) is 0 Å². The zero-order valence-corrected chi connectivity index (χ0v) is 20.7. The Balaban J connectivity index is 1.52. The Morgan fingerprint density at radius 1 is 0.971 bits per heavy atom. The molecule has 1 saturated heterocycles. The van der Waals surface area contributed by atoms with E-state index in [0.29, 0.717) is 38.0 Å². The van der Waals surface area contributed by atoms with E-state index in [4.69, 9.17) is 14.2 Å². The Morgan fingerprint density at radius 3 is 2.29 bits per heavy atom. The minimum absolute atomic E-state index is 0.221. The first-order valence-electron chi connectivity index (χ1n) is 11.8. The van der Waals surface area contributed by atoms with Crippen molar-refractivity contribution in [3.05, 3.63) is 65.2 Å². The predicted octanol–water partition coefficient (Wildman–Crippen LogP) is 4.90. The molecule has 2 heterocycles. The number of fused-ring (bicyclic) bond motifs is 2. The van der Waals surface area contributed by atoms with Gasteiger partial charge in [0.2, 0.25) is 0 Å². The third-order valence-corrected chi connectivity index (χ3v) is 6.54. The lowest BCUT2D eigenvalue weighted by atomic mass is 9.74. The molecule has 0 atom stereocenters. The molecule has 0 saturated carbocycles. The molecule has 0 aromatic heterocycles. The normalized spacial score (nSPS) is 16.6. The Bertz CT molecular complexity index is 1100. The minimum atomic E-state index is -0.634. The van der Waals surface area contributed by atoms with Gasteiger partial charge < -0.3 is 19.1 Å². The van der Waals surface area contributed by atoms with Gasteiger partial charge in [-0.15, -0.1) is 0 Å². The van der Waals surface area contributed by atoms with Crippen molar-refractivity contribution in [1.82, 2.24) is 4.90 Å². The van der Waals surface area contributed by atoms with Gasteiger partial charge in [-0.05, 0) is 62.9 Å². The number of carbonyl (C=O) groups is 3. The standard InChI is InChI=1S/C27H32N2O6/c1-26(2,3)35-25(32)29-18-27(21-16-20(23(30)33-4)10-11-22(21)29)12-14-28(15-13-27)24(31)34-17-19-8-6-5-7-9-19/h5-11,16H,12-15,17-18H2,1-4H3. The molecule has 0 N–H and O–H groups in total. The second-order valence-electron chi connectivity index (χ2n) is 10.1. The zero-order valence-electron chi connectivity index (χ0n) is 20.7. The highest BCUT2D eigenvalue weighted by atomic mass is 16.6.